The van der Waals surface area contributed by atoms with Gasteiger partial charge in [0, 0.05) is 30.3 Å². The van der Waals surface area contributed by atoms with E-state index in [9.17, 15) is 4.79 Å². The molecule has 1 aromatic rings. The molecule has 2 atom stereocenters. The second-order valence-electron chi connectivity index (χ2n) is 6.01. The minimum Gasteiger partial charge on any atom is -0.468 e. The average Bonchev–Trinajstić information content (AvgIpc) is 2.99. The zero-order valence-corrected chi connectivity index (χ0v) is 12.1. The molecule has 0 radical (unpaired) electrons. The molecule has 2 unspecified atom stereocenters. The van der Waals surface area contributed by atoms with E-state index in [1.165, 1.54) is 0 Å². The summed E-state index contributed by atoms with van der Waals surface area (Å²) in [5.74, 6) is 1.33. The minimum atomic E-state index is -0.153. The first kappa shape index (κ1) is 12.9. The zero-order valence-electron chi connectivity index (χ0n) is 12.1. The second-order valence-corrected chi connectivity index (χ2v) is 6.01. The molecule has 4 rings (SSSR count). The molecular formula is C17H19NO3. The lowest BCUT2D eigenvalue weighted by atomic mass is 9.86. The molecule has 0 aromatic heterocycles. The predicted molar refractivity (Wildman–Crippen MR) is 78.4 cm³/mol. The number of ether oxygens (including phenoxy) is 2. The van der Waals surface area contributed by atoms with Crippen LogP contribution in [0.15, 0.2) is 30.0 Å². The molecule has 0 bridgehead atoms. The normalized spacial score (nSPS) is 28.7. The first-order valence-corrected chi connectivity index (χ1v) is 7.64. The highest BCUT2D eigenvalue weighted by Crippen LogP contribution is 2.40. The molecule has 4 heteroatoms. The van der Waals surface area contributed by atoms with Crippen LogP contribution >= 0.6 is 0 Å². The van der Waals surface area contributed by atoms with Crippen LogP contribution in [0.3, 0.4) is 0 Å². The average molecular weight is 285 g/mol. The Morgan fingerprint density at radius 3 is 2.62 bits per heavy atom. The van der Waals surface area contributed by atoms with E-state index in [2.05, 4.69) is 5.32 Å². The van der Waals surface area contributed by atoms with Gasteiger partial charge in [0.2, 0.25) is 0 Å². The minimum absolute atomic E-state index is 0.0275. The first-order chi connectivity index (χ1) is 10.3. The van der Waals surface area contributed by atoms with Crippen LogP contribution in [-0.2, 0) is 9.47 Å². The van der Waals surface area contributed by atoms with Gasteiger partial charge < -0.3 is 14.8 Å². The second kappa shape index (κ2) is 4.88. The number of carbonyl (C=O) groups is 1. The molecular weight excluding hydrogens is 266 g/mol. The van der Waals surface area contributed by atoms with Crippen molar-refractivity contribution in [1.29, 1.82) is 0 Å². The molecule has 1 N–H and O–H groups in total. The van der Waals surface area contributed by atoms with Gasteiger partial charge in [0.15, 0.2) is 12.0 Å². The van der Waals surface area contributed by atoms with Crippen molar-refractivity contribution in [3.8, 4) is 0 Å². The summed E-state index contributed by atoms with van der Waals surface area (Å²) in [4.78, 5) is 12.5. The number of hydrogen-bond acceptors (Lipinski definition) is 4. The van der Waals surface area contributed by atoms with E-state index in [1.807, 2.05) is 31.2 Å². The highest BCUT2D eigenvalue weighted by Gasteiger charge is 2.41. The van der Waals surface area contributed by atoms with Crippen LogP contribution in [0.5, 0.6) is 0 Å². The van der Waals surface area contributed by atoms with E-state index < -0.39 is 0 Å². The van der Waals surface area contributed by atoms with E-state index in [-0.39, 0.29) is 17.9 Å². The lowest BCUT2D eigenvalue weighted by Gasteiger charge is -2.27. The number of Topliss-reactive ketones (excluding diaryl/α,β-unsaturated/α-hetero) is 1. The third-order valence-corrected chi connectivity index (χ3v) is 4.74. The Hall–Kier alpha value is -1.81. The van der Waals surface area contributed by atoms with Gasteiger partial charge in [-0.25, -0.2) is 0 Å². The fraction of sp³-hybridized carbons (Fsp3) is 0.471. The maximum Gasteiger partial charge on any atom is 0.172 e. The Morgan fingerprint density at radius 1 is 1.14 bits per heavy atom. The van der Waals surface area contributed by atoms with E-state index in [4.69, 9.17) is 9.47 Å². The monoisotopic (exact) mass is 285 g/mol. The van der Waals surface area contributed by atoms with Crippen molar-refractivity contribution in [1.82, 2.24) is 5.32 Å². The number of nitrogens with one attached hydrogen (secondary N) is 1. The van der Waals surface area contributed by atoms with Crippen LogP contribution in [0.25, 0.3) is 5.76 Å². The Balaban J connectivity index is 1.67. The maximum atomic E-state index is 12.5. The lowest BCUT2D eigenvalue weighted by Crippen LogP contribution is -2.37. The van der Waals surface area contributed by atoms with Crippen LogP contribution in [0.2, 0.25) is 0 Å². The van der Waals surface area contributed by atoms with Crippen molar-refractivity contribution in [2.24, 2.45) is 11.8 Å². The molecule has 1 fully saturated rings. The molecule has 2 aliphatic heterocycles. The van der Waals surface area contributed by atoms with Gasteiger partial charge in [-0.2, -0.15) is 0 Å². The van der Waals surface area contributed by atoms with Gasteiger partial charge in [0.1, 0.15) is 5.76 Å². The predicted octanol–water partition coefficient (Wildman–Crippen LogP) is 2.56. The van der Waals surface area contributed by atoms with Crippen molar-refractivity contribution in [3.63, 3.8) is 0 Å². The van der Waals surface area contributed by atoms with Crippen LogP contribution < -0.4 is 5.32 Å². The van der Waals surface area contributed by atoms with E-state index in [0.717, 1.165) is 48.6 Å². The summed E-state index contributed by atoms with van der Waals surface area (Å²) >= 11 is 0. The fourth-order valence-electron chi connectivity index (χ4n) is 3.46. The smallest absolute Gasteiger partial charge is 0.172 e. The van der Waals surface area contributed by atoms with Crippen molar-refractivity contribution < 1.29 is 14.3 Å². The number of benzene rings is 1. The van der Waals surface area contributed by atoms with E-state index >= 15 is 0 Å². The summed E-state index contributed by atoms with van der Waals surface area (Å²) in [6, 6.07) is 7.73. The SMILES string of the molecule is CC1C(=O)c2ccccc2C2=C1NC(C1CCOCC1)O2. The quantitative estimate of drug-likeness (QED) is 0.861. The standard InChI is InChI=1S/C17H19NO3/c1-10-14-16(13-5-3-2-4-12(13)15(10)19)21-17(18-14)11-6-8-20-9-7-11/h2-5,10-11,17-18H,6-9H2,1H3. The summed E-state index contributed by atoms with van der Waals surface area (Å²) < 4.78 is 11.6. The van der Waals surface area contributed by atoms with Crippen molar-refractivity contribution in [2.75, 3.05) is 13.2 Å². The highest BCUT2D eigenvalue weighted by molar-refractivity contribution is 6.06. The van der Waals surface area contributed by atoms with Crippen molar-refractivity contribution in [3.05, 3.63) is 41.1 Å². The summed E-state index contributed by atoms with van der Waals surface area (Å²) in [7, 11) is 0. The maximum absolute atomic E-state index is 12.5. The molecule has 110 valence electrons. The van der Waals surface area contributed by atoms with Gasteiger partial charge in [0.05, 0.1) is 11.6 Å². The fourth-order valence-corrected chi connectivity index (χ4v) is 3.46. The van der Waals surface area contributed by atoms with Gasteiger partial charge in [-0.1, -0.05) is 24.3 Å². The Bertz CT molecular complexity index is 616. The molecule has 4 nitrogen and oxygen atoms in total. The summed E-state index contributed by atoms with van der Waals surface area (Å²) in [6.07, 6.45) is 1.98. The number of carbonyl (C=O) groups excluding carboxylic acids is 1. The highest BCUT2D eigenvalue weighted by atomic mass is 16.5. The van der Waals surface area contributed by atoms with Crippen molar-refractivity contribution in [2.45, 2.75) is 26.0 Å². The number of rotatable bonds is 1. The number of hydrogen-bond donors (Lipinski definition) is 1. The molecule has 0 spiro atoms. The van der Waals surface area contributed by atoms with Crippen molar-refractivity contribution >= 4 is 11.5 Å². The van der Waals surface area contributed by atoms with Crippen LogP contribution in [0.4, 0.5) is 0 Å². The van der Waals surface area contributed by atoms with Crippen LogP contribution in [0, 0.1) is 11.8 Å². The summed E-state index contributed by atoms with van der Waals surface area (Å²) in [5.41, 5.74) is 2.66. The van der Waals surface area contributed by atoms with Gasteiger partial charge >= 0.3 is 0 Å². The van der Waals surface area contributed by atoms with Gasteiger partial charge in [0.25, 0.3) is 0 Å². The van der Waals surface area contributed by atoms with E-state index in [0.29, 0.717) is 5.92 Å². The number of fused-ring (bicyclic) bond motifs is 2. The van der Waals surface area contributed by atoms with Gasteiger partial charge in [-0.15, -0.1) is 0 Å². The van der Waals surface area contributed by atoms with Gasteiger partial charge in [-0.3, -0.25) is 4.79 Å². The first-order valence-electron chi connectivity index (χ1n) is 7.64. The molecule has 21 heavy (non-hydrogen) atoms. The molecule has 1 aliphatic carbocycles. The number of ketones is 1. The topological polar surface area (TPSA) is 47.6 Å². The number of allylic oxidation sites excluding steroid dienone is 1. The Kier molecular flexibility index (Phi) is 3.00. The Morgan fingerprint density at radius 2 is 1.86 bits per heavy atom. The molecule has 0 amide bonds. The lowest BCUT2D eigenvalue weighted by molar-refractivity contribution is 0.00737. The Labute approximate surface area is 124 Å². The molecule has 1 saturated heterocycles. The molecule has 1 aromatic carbocycles. The van der Waals surface area contributed by atoms with Crippen LogP contribution in [-0.4, -0.2) is 25.2 Å². The molecule has 2 heterocycles. The third-order valence-electron chi connectivity index (χ3n) is 4.74. The molecule has 0 saturated carbocycles. The zero-order chi connectivity index (χ0) is 14.4. The third kappa shape index (κ3) is 1.97. The van der Waals surface area contributed by atoms with E-state index in [1.54, 1.807) is 0 Å². The largest absolute Gasteiger partial charge is 0.468 e. The molecule has 3 aliphatic rings. The summed E-state index contributed by atoms with van der Waals surface area (Å²) in [6.45, 7) is 3.54. The van der Waals surface area contributed by atoms with Crippen LogP contribution in [0.1, 0.15) is 35.7 Å². The van der Waals surface area contributed by atoms with Gasteiger partial charge in [-0.05, 0) is 19.8 Å². The summed E-state index contributed by atoms with van der Waals surface area (Å²) in [5, 5.41) is 3.46.